The first-order chi connectivity index (χ1) is 22.7. The van der Waals surface area contributed by atoms with Crippen LogP contribution in [-0.2, 0) is 16.0 Å². The lowest BCUT2D eigenvalue weighted by Gasteiger charge is -2.26. The first-order valence-electron chi connectivity index (χ1n) is 16.4. The third-order valence-corrected chi connectivity index (χ3v) is 11.2. The van der Waals surface area contributed by atoms with E-state index in [2.05, 4.69) is 115 Å². The molecule has 0 amide bonds. The largest absolute Gasteiger partial charge is 0.460 e. The predicted octanol–water partition coefficient (Wildman–Crippen LogP) is 10.3. The first-order valence-corrected chi connectivity index (χ1v) is 16.4. The molecule has 4 unspecified atom stereocenters. The number of ketones is 1. The Balaban J connectivity index is 1.09. The number of carbonyl (C=O) groups is 2. The average Bonchev–Trinajstić information content (AvgIpc) is 3.60. The molecule has 1 fully saturated rings. The second-order valence-corrected chi connectivity index (χ2v) is 13.3. The number of aryl methyl sites for hydroxylation is 1. The van der Waals surface area contributed by atoms with Crippen molar-refractivity contribution in [3.63, 3.8) is 0 Å². The summed E-state index contributed by atoms with van der Waals surface area (Å²) in [5, 5.41) is 8.52. The van der Waals surface area contributed by atoms with Gasteiger partial charge in [0.05, 0.1) is 0 Å². The standard InChI is InChI=1S/C43H30O3/c44-23-38(45)42-30-18-16-28(30)22-37(42)32-19-13-27-14-20-34-29(17-12-26-15-21-35(32)41(27)40(26)34)24-8-10-25(11-9-24)31-5-3-6-36-33-4-1-2-7-39(33)46-43(31)36/h1,3-6,8-21,23,28,30,37,42H,2,7,22H2. The molecule has 3 aliphatic rings. The second kappa shape index (κ2) is 9.61. The molecular formula is C43H30O3. The summed E-state index contributed by atoms with van der Waals surface area (Å²) in [6.45, 7) is 0. The molecule has 0 saturated heterocycles. The minimum atomic E-state index is -0.269. The number of aldehydes is 1. The fourth-order valence-electron chi connectivity index (χ4n) is 8.94. The molecule has 3 nitrogen and oxygen atoms in total. The maximum atomic E-state index is 12.9. The number of hydrogen-bond donors (Lipinski definition) is 0. The zero-order valence-electron chi connectivity index (χ0n) is 25.2. The second-order valence-electron chi connectivity index (χ2n) is 13.3. The Hall–Kier alpha value is -5.28. The van der Waals surface area contributed by atoms with Crippen LogP contribution in [0.25, 0.3) is 71.6 Å². The molecule has 46 heavy (non-hydrogen) atoms. The van der Waals surface area contributed by atoms with Crippen LogP contribution < -0.4 is 0 Å². The normalized spacial score (nSPS) is 21.7. The predicted molar refractivity (Wildman–Crippen MR) is 186 cm³/mol. The summed E-state index contributed by atoms with van der Waals surface area (Å²) in [5.41, 5.74) is 8.02. The van der Waals surface area contributed by atoms with Gasteiger partial charge in [0.15, 0.2) is 12.1 Å². The van der Waals surface area contributed by atoms with E-state index in [9.17, 15) is 9.59 Å². The van der Waals surface area contributed by atoms with E-state index in [0.717, 1.165) is 41.7 Å². The van der Waals surface area contributed by atoms with Gasteiger partial charge in [-0.15, -0.1) is 0 Å². The number of furan rings is 1. The van der Waals surface area contributed by atoms with Crippen LogP contribution in [0.15, 0.2) is 114 Å². The van der Waals surface area contributed by atoms with Crippen molar-refractivity contribution >= 4 is 61.4 Å². The Kier molecular flexibility index (Phi) is 5.43. The number of carbonyl (C=O) groups excluding carboxylic acids is 2. The lowest BCUT2D eigenvalue weighted by atomic mass is 9.76. The molecule has 220 valence electrons. The number of para-hydroxylation sites is 1. The van der Waals surface area contributed by atoms with Crippen molar-refractivity contribution in [3.8, 4) is 22.3 Å². The van der Waals surface area contributed by atoms with E-state index in [1.807, 2.05) is 0 Å². The molecule has 0 N–H and O–H groups in total. The van der Waals surface area contributed by atoms with Crippen LogP contribution in [0, 0.1) is 17.8 Å². The lowest BCUT2D eigenvalue weighted by molar-refractivity contribution is -0.133. The van der Waals surface area contributed by atoms with E-state index in [1.54, 1.807) is 0 Å². The lowest BCUT2D eigenvalue weighted by Crippen LogP contribution is -2.27. The van der Waals surface area contributed by atoms with Gasteiger partial charge in [-0.05, 0) is 85.2 Å². The van der Waals surface area contributed by atoms with Crippen molar-refractivity contribution in [2.24, 2.45) is 17.8 Å². The van der Waals surface area contributed by atoms with E-state index in [1.165, 1.54) is 60.0 Å². The minimum Gasteiger partial charge on any atom is -0.460 e. The van der Waals surface area contributed by atoms with Crippen LogP contribution in [0.2, 0.25) is 0 Å². The summed E-state index contributed by atoms with van der Waals surface area (Å²) >= 11 is 0. The van der Waals surface area contributed by atoms with Crippen molar-refractivity contribution < 1.29 is 14.0 Å². The average molecular weight is 595 g/mol. The molecule has 0 bridgehead atoms. The monoisotopic (exact) mass is 594 g/mol. The number of hydrogen-bond acceptors (Lipinski definition) is 3. The number of benzene rings is 6. The Bertz CT molecular complexity index is 2460. The van der Waals surface area contributed by atoms with Crippen molar-refractivity contribution in [3.05, 3.63) is 126 Å². The summed E-state index contributed by atoms with van der Waals surface area (Å²) in [6, 6.07) is 33.1. The first kappa shape index (κ1) is 26.0. The maximum Gasteiger partial charge on any atom is 0.199 e. The highest BCUT2D eigenvalue weighted by molar-refractivity contribution is 6.28. The Morgan fingerprint density at radius 2 is 1.48 bits per heavy atom. The molecule has 7 aromatic rings. The van der Waals surface area contributed by atoms with Gasteiger partial charge in [0.1, 0.15) is 11.3 Å². The quantitative estimate of drug-likeness (QED) is 0.0862. The Morgan fingerprint density at radius 1 is 0.739 bits per heavy atom. The van der Waals surface area contributed by atoms with Gasteiger partial charge < -0.3 is 4.42 Å². The van der Waals surface area contributed by atoms with E-state index in [4.69, 9.17) is 4.42 Å². The molecule has 0 aliphatic heterocycles. The maximum absolute atomic E-state index is 12.9. The number of Topliss-reactive ketones (excluding diaryl/α,β-unsaturated/α-hetero) is 1. The molecule has 3 aliphatic carbocycles. The van der Waals surface area contributed by atoms with Crippen LogP contribution in [0.5, 0.6) is 0 Å². The molecule has 4 atom stereocenters. The highest BCUT2D eigenvalue weighted by Crippen LogP contribution is 2.54. The Labute approximate surface area is 266 Å². The van der Waals surface area contributed by atoms with Gasteiger partial charge in [-0.1, -0.05) is 115 Å². The fraction of sp³-hybridized carbons (Fsp3) is 0.163. The number of fused-ring (bicyclic) bond motifs is 4. The third kappa shape index (κ3) is 3.54. The van der Waals surface area contributed by atoms with E-state index < -0.39 is 0 Å². The summed E-state index contributed by atoms with van der Waals surface area (Å²) in [4.78, 5) is 24.5. The highest BCUT2D eigenvalue weighted by atomic mass is 16.3. The van der Waals surface area contributed by atoms with Crippen molar-refractivity contribution in [1.29, 1.82) is 0 Å². The zero-order chi connectivity index (χ0) is 30.5. The molecule has 1 aromatic heterocycles. The molecule has 0 radical (unpaired) electrons. The van der Waals surface area contributed by atoms with Crippen molar-refractivity contribution in [1.82, 2.24) is 0 Å². The summed E-state index contributed by atoms with van der Waals surface area (Å²) in [7, 11) is 0. The zero-order valence-corrected chi connectivity index (χ0v) is 25.2. The van der Waals surface area contributed by atoms with E-state index in [0.29, 0.717) is 12.2 Å². The van der Waals surface area contributed by atoms with Crippen LogP contribution in [0.4, 0.5) is 0 Å². The number of allylic oxidation sites excluding steroid dienone is 3. The van der Waals surface area contributed by atoms with Gasteiger partial charge in [-0.25, -0.2) is 0 Å². The summed E-state index contributed by atoms with van der Waals surface area (Å²) in [5.74, 6) is 1.15. The van der Waals surface area contributed by atoms with E-state index in [-0.39, 0.29) is 23.5 Å². The molecule has 0 spiro atoms. The van der Waals surface area contributed by atoms with Gasteiger partial charge >= 0.3 is 0 Å². The van der Waals surface area contributed by atoms with Crippen molar-refractivity contribution in [2.45, 2.75) is 25.2 Å². The molecule has 1 saturated carbocycles. The smallest absolute Gasteiger partial charge is 0.199 e. The molecule has 3 heteroatoms. The van der Waals surface area contributed by atoms with E-state index >= 15 is 0 Å². The van der Waals surface area contributed by atoms with Crippen molar-refractivity contribution in [2.75, 3.05) is 0 Å². The van der Waals surface area contributed by atoms with Gasteiger partial charge in [0.25, 0.3) is 0 Å². The van der Waals surface area contributed by atoms with Crippen LogP contribution >= 0.6 is 0 Å². The summed E-state index contributed by atoms with van der Waals surface area (Å²) < 4.78 is 6.41. The molecule has 10 rings (SSSR count). The SMILES string of the molecule is O=CC(=O)C1C(c2ccc3ccc4c(-c5ccc(-c6cccc7c8c(oc67)CCC=C8)cc5)ccc5ccc2c3c54)CC2C=CC21. The highest BCUT2D eigenvalue weighted by Gasteiger charge is 2.48. The number of rotatable bonds is 5. The Morgan fingerprint density at radius 3 is 2.26 bits per heavy atom. The van der Waals surface area contributed by atoms with Crippen LogP contribution in [-0.4, -0.2) is 12.1 Å². The van der Waals surface area contributed by atoms with Gasteiger partial charge in [0, 0.05) is 28.9 Å². The fourth-order valence-corrected chi connectivity index (χ4v) is 8.94. The summed E-state index contributed by atoms with van der Waals surface area (Å²) in [6.07, 6.45) is 12.2. The van der Waals surface area contributed by atoms with Crippen LogP contribution in [0.1, 0.15) is 35.6 Å². The minimum absolute atomic E-state index is 0.0412. The third-order valence-electron chi connectivity index (χ3n) is 11.2. The van der Waals surface area contributed by atoms with Gasteiger partial charge in [0.2, 0.25) is 0 Å². The van der Waals surface area contributed by atoms with Crippen LogP contribution in [0.3, 0.4) is 0 Å². The molecule has 1 heterocycles. The van der Waals surface area contributed by atoms with Gasteiger partial charge in [-0.2, -0.15) is 0 Å². The molecular weight excluding hydrogens is 564 g/mol. The topological polar surface area (TPSA) is 47.3 Å². The van der Waals surface area contributed by atoms with Gasteiger partial charge in [-0.3, -0.25) is 9.59 Å². The molecule has 6 aromatic carbocycles.